The van der Waals surface area contributed by atoms with E-state index in [2.05, 4.69) is 5.32 Å². The van der Waals surface area contributed by atoms with E-state index < -0.39 is 0 Å². The minimum absolute atomic E-state index is 0.226. The standard InChI is InChI=1S/C16H25NO4/c1-18-10-7-17-12-13-3-4-15(19-2)11-16(13)21-14-5-8-20-9-6-14/h3-4,11,14,17H,5-10,12H2,1-2H3. The van der Waals surface area contributed by atoms with E-state index in [4.69, 9.17) is 18.9 Å². The predicted molar refractivity (Wildman–Crippen MR) is 81.0 cm³/mol. The molecule has 1 N–H and O–H groups in total. The molecular weight excluding hydrogens is 270 g/mol. The van der Waals surface area contributed by atoms with Gasteiger partial charge in [0.1, 0.15) is 17.6 Å². The molecule has 0 aromatic heterocycles. The van der Waals surface area contributed by atoms with Crippen LogP contribution in [0.15, 0.2) is 18.2 Å². The van der Waals surface area contributed by atoms with Gasteiger partial charge in [0.25, 0.3) is 0 Å². The van der Waals surface area contributed by atoms with Gasteiger partial charge in [-0.1, -0.05) is 6.07 Å². The van der Waals surface area contributed by atoms with Gasteiger partial charge >= 0.3 is 0 Å². The van der Waals surface area contributed by atoms with Crippen LogP contribution in [0.2, 0.25) is 0 Å². The van der Waals surface area contributed by atoms with Crippen LogP contribution in [0.25, 0.3) is 0 Å². The van der Waals surface area contributed by atoms with Crippen molar-refractivity contribution in [2.75, 3.05) is 40.6 Å². The summed E-state index contributed by atoms with van der Waals surface area (Å²) in [6, 6.07) is 5.97. The van der Waals surface area contributed by atoms with Crippen LogP contribution < -0.4 is 14.8 Å². The topological polar surface area (TPSA) is 49.0 Å². The van der Waals surface area contributed by atoms with E-state index in [0.717, 1.165) is 56.2 Å². The molecule has 0 saturated carbocycles. The van der Waals surface area contributed by atoms with Crippen molar-refractivity contribution in [3.8, 4) is 11.5 Å². The normalized spacial score (nSPS) is 15.9. The lowest BCUT2D eigenvalue weighted by atomic mass is 10.1. The first-order valence-corrected chi connectivity index (χ1v) is 7.44. The molecule has 1 aliphatic heterocycles. The number of methoxy groups -OCH3 is 2. The van der Waals surface area contributed by atoms with E-state index in [9.17, 15) is 0 Å². The van der Waals surface area contributed by atoms with Crippen LogP contribution in [0.5, 0.6) is 11.5 Å². The molecule has 0 radical (unpaired) electrons. The molecule has 1 fully saturated rings. The summed E-state index contributed by atoms with van der Waals surface area (Å²) in [5, 5.41) is 3.35. The van der Waals surface area contributed by atoms with Gasteiger partial charge in [0.05, 0.1) is 26.9 Å². The Balaban J connectivity index is 1.99. The molecular formula is C16H25NO4. The van der Waals surface area contributed by atoms with Crippen molar-refractivity contribution >= 4 is 0 Å². The van der Waals surface area contributed by atoms with Gasteiger partial charge in [0.15, 0.2) is 0 Å². The Bertz CT molecular complexity index is 419. The average molecular weight is 295 g/mol. The maximum atomic E-state index is 6.15. The average Bonchev–Trinajstić information content (AvgIpc) is 2.53. The number of ether oxygens (including phenoxy) is 4. The molecule has 0 bridgehead atoms. The van der Waals surface area contributed by atoms with E-state index in [1.165, 1.54) is 0 Å². The Morgan fingerprint density at radius 1 is 1.24 bits per heavy atom. The summed E-state index contributed by atoms with van der Waals surface area (Å²) in [5.74, 6) is 1.71. The molecule has 118 valence electrons. The number of benzene rings is 1. The Kier molecular flexibility index (Phi) is 6.79. The summed E-state index contributed by atoms with van der Waals surface area (Å²) in [4.78, 5) is 0. The lowest BCUT2D eigenvalue weighted by Crippen LogP contribution is -2.27. The number of hydrogen-bond acceptors (Lipinski definition) is 5. The van der Waals surface area contributed by atoms with E-state index >= 15 is 0 Å². The number of rotatable bonds is 8. The predicted octanol–water partition coefficient (Wildman–Crippen LogP) is 1.99. The van der Waals surface area contributed by atoms with Crippen molar-refractivity contribution in [3.63, 3.8) is 0 Å². The van der Waals surface area contributed by atoms with Crippen molar-refractivity contribution in [1.82, 2.24) is 5.32 Å². The van der Waals surface area contributed by atoms with Crippen molar-refractivity contribution in [1.29, 1.82) is 0 Å². The molecule has 1 aliphatic rings. The van der Waals surface area contributed by atoms with Gasteiger partial charge in [-0.2, -0.15) is 0 Å². The highest BCUT2D eigenvalue weighted by molar-refractivity contribution is 5.41. The van der Waals surface area contributed by atoms with Gasteiger partial charge < -0.3 is 24.3 Å². The Hall–Kier alpha value is -1.30. The van der Waals surface area contributed by atoms with Crippen molar-refractivity contribution in [2.45, 2.75) is 25.5 Å². The van der Waals surface area contributed by atoms with Gasteiger partial charge in [-0.3, -0.25) is 0 Å². The maximum absolute atomic E-state index is 6.15. The molecule has 1 heterocycles. The minimum atomic E-state index is 0.226. The van der Waals surface area contributed by atoms with Gasteiger partial charge in [-0.05, 0) is 6.07 Å². The van der Waals surface area contributed by atoms with Crippen LogP contribution in [0.1, 0.15) is 18.4 Å². The highest BCUT2D eigenvalue weighted by Gasteiger charge is 2.17. The van der Waals surface area contributed by atoms with E-state index in [0.29, 0.717) is 6.61 Å². The Morgan fingerprint density at radius 3 is 2.76 bits per heavy atom. The molecule has 5 heteroatoms. The summed E-state index contributed by atoms with van der Waals surface area (Å²) < 4.78 is 21.9. The summed E-state index contributed by atoms with van der Waals surface area (Å²) in [6.07, 6.45) is 2.10. The summed E-state index contributed by atoms with van der Waals surface area (Å²) in [6.45, 7) is 3.82. The fourth-order valence-corrected chi connectivity index (χ4v) is 2.29. The molecule has 2 rings (SSSR count). The van der Waals surface area contributed by atoms with E-state index in [1.54, 1.807) is 14.2 Å². The molecule has 0 aliphatic carbocycles. The lowest BCUT2D eigenvalue weighted by Gasteiger charge is -2.25. The van der Waals surface area contributed by atoms with Gasteiger partial charge in [-0.25, -0.2) is 0 Å². The summed E-state index contributed by atoms with van der Waals surface area (Å²) in [7, 11) is 3.37. The molecule has 1 aromatic rings. The Morgan fingerprint density at radius 2 is 2.05 bits per heavy atom. The number of nitrogens with one attached hydrogen (secondary N) is 1. The first kappa shape index (κ1) is 16.1. The molecule has 0 spiro atoms. The zero-order chi connectivity index (χ0) is 14.9. The van der Waals surface area contributed by atoms with Crippen LogP contribution in [0, 0.1) is 0 Å². The second-order valence-corrected chi connectivity index (χ2v) is 5.07. The molecule has 1 saturated heterocycles. The SMILES string of the molecule is COCCNCc1ccc(OC)cc1OC1CCOCC1. The van der Waals surface area contributed by atoms with Crippen LogP contribution >= 0.6 is 0 Å². The molecule has 0 atom stereocenters. The summed E-state index contributed by atoms with van der Waals surface area (Å²) >= 11 is 0. The minimum Gasteiger partial charge on any atom is -0.497 e. The van der Waals surface area contributed by atoms with Gasteiger partial charge in [0, 0.05) is 44.7 Å². The third-order valence-corrected chi connectivity index (χ3v) is 3.53. The second kappa shape index (κ2) is 8.87. The molecule has 21 heavy (non-hydrogen) atoms. The maximum Gasteiger partial charge on any atom is 0.127 e. The van der Waals surface area contributed by atoms with Crippen LogP contribution in [-0.2, 0) is 16.0 Å². The fraction of sp³-hybridized carbons (Fsp3) is 0.625. The van der Waals surface area contributed by atoms with Crippen LogP contribution in [0.4, 0.5) is 0 Å². The zero-order valence-electron chi connectivity index (χ0n) is 12.9. The highest BCUT2D eigenvalue weighted by Crippen LogP contribution is 2.27. The van der Waals surface area contributed by atoms with Crippen molar-refractivity contribution in [2.24, 2.45) is 0 Å². The number of hydrogen-bond donors (Lipinski definition) is 1. The van der Waals surface area contributed by atoms with E-state index in [1.807, 2.05) is 18.2 Å². The van der Waals surface area contributed by atoms with E-state index in [-0.39, 0.29) is 6.10 Å². The van der Waals surface area contributed by atoms with Gasteiger partial charge in [0.2, 0.25) is 0 Å². The highest BCUT2D eigenvalue weighted by atomic mass is 16.5. The van der Waals surface area contributed by atoms with Gasteiger partial charge in [-0.15, -0.1) is 0 Å². The largest absolute Gasteiger partial charge is 0.497 e. The molecule has 5 nitrogen and oxygen atoms in total. The van der Waals surface area contributed by atoms with Crippen molar-refractivity contribution in [3.05, 3.63) is 23.8 Å². The fourth-order valence-electron chi connectivity index (χ4n) is 2.29. The van der Waals surface area contributed by atoms with Crippen LogP contribution in [0.3, 0.4) is 0 Å². The van der Waals surface area contributed by atoms with Crippen molar-refractivity contribution < 1.29 is 18.9 Å². The zero-order valence-corrected chi connectivity index (χ0v) is 12.9. The molecule has 0 amide bonds. The quantitative estimate of drug-likeness (QED) is 0.743. The third-order valence-electron chi connectivity index (χ3n) is 3.53. The third kappa shape index (κ3) is 5.19. The smallest absolute Gasteiger partial charge is 0.127 e. The first-order chi connectivity index (χ1) is 10.3. The first-order valence-electron chi connectivity index (χ1n) is 7.44. The molecule has 1 aromatic carbocycles. The van der Waals surface area contributed by atoms with Crippen LogP contribution in [-0.4, -0.2) is 46.7 Å². The Labute approximate surface area is 126 Å². The lowest BCUT2D eigenvalue weighted by molar-refractivity contribution is 0.0251. The monoisotopic (exact) mass is 295 g/mol. The summed E-state index contributed by atoms with van der Waals surface area (Å²) in [5.41, 5.74) is 1.14. The second-order valence-electron chi connectivity index (χ2n) is 5.07. The molecule has 0 unspecified atom stereocenters.